The van der Waals surface area contributed by atoms with Crippen LogP contribution in [0.25, 0.3) is 0 Å². The van der Waals surface area contributed by atoms with Crippen molar-refractivity contribution in [3.8, 4) is 5.75 Å². The molecule has 1 aromatic heterocycles. The standard InChI is InChI=1S/C17H21N5O3.ClH/c1-25-12-4-2-11(3-5-12)16(23)19-8-9-20-17(24)15-13-10-18-7-6-14(13)21-22-15;/h2-5,18H,6-10H2,1H3,(H,19,23)(H,20,24)(H,21,22);1H. The van der Waals surface area contributed by atoms with Crippen molar-refractivity contribution in [3.05, 3.63) is 46.8 Å². The van der Waals surface area contributed by atoms with Gasteiger partial charge >= 0.3 is 0 Å². The van der Waals surface area contributed by atoms with Crippen LogP contribution in [-0.2, 0) is 13.0 Å². The second-order valence-corrected chi connectivity index (χ2v) is 5.70. The van der Waals surface area contributed by atoms with Gasteiger partial charge in [-0.2, -0.15) is 5.10 Å². The molecule has 0 bridgehead atoms. The second-order valence-electron chi connectivity index (χ2n) is 5.70. The maximum Gasteiger partial charge on any atom is 0.272 e. The van der Waals surface area contributed by atoms with Gasteiger partial charge in [0.1, 0.15) is 5.75 Å². The van der Waals surface area contributed by atoms with E-state index in [9.17, 15) is 9.59 Å². The molecule has 4 N–H and O–H groups in total. The van der Waals surface area contributed by atoms with Gasteiger partial charge < -0.3 is 20.7 Å². The van der Waals surface area contributed by atoms with Gasteiger partial charge in [-0.15, -0.1) is 12.4 Å². The van der Waals surface area contributed by atoms with Gasteiger partial charge in [-0.25, -0.2) is 0 Å². The fourth-order valence-electron chi connectivity index (χ4n) is 2.69. The number of methoxy groups -OCH3 is 1. The topological polar surface area (TPSA) is 108 Å². The summed E-state index contributed by atoms with van der Waals surface area (Å²) in [6.45, 7) is 2.19. The minimum absolute atomic E-state index is 0. The van der Waals surface area contributed by atoms with E-state index < -0.39 is 0 Å². The molecular weight excluding hydrogens is 358 g/mol. The third-order valence-corrected chi connectivity index (χ3v) is 4.07. The molecule has 140 valence electrons. The number of nitrogens with zero attached hydrogens (tertiary/aromatic N) is 1. The van der Waals surface area contributed by atoms with Gasteiger partial charge in [0.2, 0.25) is 0 Å². The Bertz CT molecular complexity index is 760. The Morgan fingerprint density at radius 3 is 2.54 bits per heavy atom. The highest BCUT2D eigenvalue weighted by Gasteiger charge is 2.21. The smallest absolute Gasteiger partial charge is 0.272 e. The molecular formula is C17H22ClN5O3. The summed E-state index contributed by atoms with van der Waals surface area (Å²) in [7, 11) is 1.57. The molecule has 0 aliphatic carbocycles. The van der Waals surface area contributed by atoms with Crippen LogP contribution in [0, 0.1) is 0 Å². The number of aromatic amines is 1. The number of H-pyrrole nitrogens is 1. The SMILES string of the molecule is COc1ccc(C(=O)NCCNC(=O)c2n[nH]c3c2CNCC3)cc1.Cl. The van der Waals surface area contributed by atoms with Crippen molar-refractivity contribution >= 4 is 24.2 Å². The zero-order valence-electron chi connectivity index (χ0n) is 14.4. The predicted octanol–water partition coefficient (Wildman–Crippen LogP) is 0.646. The Labute approximate surface area is 157 Å². The summed E-state index contributed by atoms with van der Waals surface area (Å²) in [5.41, 5.74) is 2.89. The Morgan fingerprint density at radius 1 is 1.15 bits per heavy atom. The zero-order valence-corrected chi connectivity index (χ0v) is 15.2. The van der Waals surface area contributed by atoms with Gasteiger partial charge in [-0.1, -0.05) is 0 Å². The van der Waals surface area contributed by atoms with Gasteiger partial charge in [0.15, 0.2) is 5.69 Å². The molecule has 0 spiro atoms. The summed E-state index contributed by atoms with van der Waals surface area (Å²) in [5, 5.41) is 15.8. The van der Waals surface area contributed by atoms with E-state index in [1.807, 2.05) is 0 Å². The van der Waals surface area contributed by atoms with Crippen LogP contribution in [0.1, 0.15) is 32.1 Å². The minimum Gasteiger partial charge on any atom is -0.497 e. The maximum atomic E-state index is 12.2. The number of hydrogen-bond donors (Lipinski definition) is 4. The zero-order chi connectivity index (χ0) is 17.6. The molecule has 0 unspecified atom stereocenters. The number of rotatable bonds is 6. The lowest BCUT2D eigenvalue weighted by atomic mass is 10.1. The molecule has 2 heterocycles. The summed E-state index contributed by atoms with van der Waals surface area (Å²) >= 11 is 0. The molecule has 0 fully saturated rings. The van der Waals surface area contributed by atoms with E-state index in [1.165, 1.54) is 0 Å². The first-order valence-corrected chi connectivity index (χ1v) is 8.16. The van der Waals surface area contributed by atoms with Crippen molar-refractivity contribution in [3.63, 3.8) is 0 Å². The third kappa shape index (κ3) is 4.53. The summed E-state index contributed by atoms with van der Waals surface area (Å²) in [6.07, 6.45) is 0.841. The Morgan fingerprint density at radius 2 is 1.85 bits per heavy atom. The van der Waals surface area contributed by atoms with Crippen LogP contribution in [-0.4, -0.2) is 48.8 Å². The number of hydrogen-bond acceptors (Lipinski definition) is 5. The maximum absolute atomic E-state index is 12.2. The first-order chi connectivity index (χ1) is 12.2. The van der Waals surface area contributed by atoms with Gasteiger partial charge in [0.05, 0.1) is 7.11 Å². The number of fused-ring (bicyclic) bond motifs is 1. The molecule has 1 aromatic carbocycles. The van der Waals surface area contributed by atoms with E-state index in [0.717, 1.165) is 24.2 Å². The molecule has 2 amide bonds. The average molecular weight is 380 g/mol. The predicted molar refractivity (Wildman–Crippen MR) is 98.9 cm³/mol. The van der Waals surface area contributed by atoms with Gasteiger partial charge in [0, 0.05) is 49.4 Å². The molecule has 0 saturated carbocycles. The number of benzene rings is 1. The van der Waals surface area contributed by atoms with E-state index in [-0.39, 0.29) is 24.2 Å². The van der Waals surface area contributed by atoms with Crippen LogP contribution in [0.2, 0.25) is 0 Å². The van der Waals surface area contributed by atoms with E-state index in [0.29, 0.717) is 36.6 Å². The van der Waals surface area contributed by atoms with E-state index in [2.05, 4.69) is 26.1 Å². The summed E-state index contributed by atoms with van der Waals surface area (Å²) in [4.78, 5) is 24.2. The summed E-state index contributed by atoms with van der Waals surface area (Å²) in [5.74, 6) is 0.263. The third-order valence-electron chi connectivity index (χ3n) is 4.07. The highest BCUT2D eigenvalue weighted by Crippen LogP contribution is 2.15. The number of aromatic nitrogens is 2. The van der Waals surface area contributed by atoms with Crippen molar-refractivity contribution in [2.45, 2.75) is 13.0 Å². The van der Waals surface area contributed by atoms with Crippen LogP contribution in [0.3, 0.4) is 0 Å². The van der Waals surface area contributed by atoms with Crippen molar-refractivity contribution in [1.82, 2.24) is 26.1 Å². The molecule has 1 aliphatic rings. The molecule has 0 radical (unpaired) electrons. The van der Waals surface area contributed by atoms with Crippen LogP contribution in [0.5, 0.6) is 5.75 Å². The molecule has 0 saturated heterocycles. The quantitative estimate of drug-likeness (QED) is 0.551. The summed E-state index contributed by atoms with van der Waals surface area (Å²) < 4.78 is 5.06. The average Bonchev–Trinajstić information content (AvgIpc) is 3.09. The Balaban J connectivity index is 0.00000243. The molecule has 3 rings (SSSR count). The number of carbonyl (C=O) groups is 2. The van der Waals surface area contributed by atoms with Gasteiger partial charge in [0.25, 0.3) is 11.8 Å². The minimum atomic E-state index is -0.236. The largest absolute Gasteiger partial charge is 0.497 e. The lowest BCUT2D eigenvalue weighted by molar-refractivity contribution is 0.0924. The van der Waals surface area contributed by atoms with E-state index in [4.69, 9.17) is 4.74 Å². The highest BCUT2D eigenvalue weighted by atomic mass is 35.5. The van der Waals surface area contributed by atoms with Gasteiger partial charge in [-0.3, -0.25) is 14.7 Å². The Kier molecular flexibility index (Phi) is 6.99. The van der Waals surface area contributed by atoms with Crippen LogP contribution in [0.4, 0.5) is 0 Å². The van der Waals surface area contributed by atoms with Crippen LogP contribution < -0.4 is 20.7 Å². The summed E-state index contributed by atoms with van der Waals surface area (Å²) in [6, 6.07) is 6.84. The number of carbonyl (C=O) groups excluding carboxylic acids is 2. The normalized spacial score (nSPS) is 12.5. The van der Waals surface area contributed by atoms with Crippen LogP contribution in [0.15, 0.2) is 24.3 Å². The first-order valence-electron chi connectivity index (χ1n) is 8.16. The molecule has 26 heavy (non-hydrogen) atoms. The van der Waals surface area contributed by atoms with E-state index >= 15 is 0 Å². The molecule has 2 aromatic rings. The van der Waals surface area contributed by atoms with Crippen LogP contribution >= 0.6 is 12.4 Å². The molecule has 0 atom stereocenters. The van der Waals surface area contributed by atoms with Crippen molar-refractivity contribution < 1.29 is 14.3 Å². The lowest BCUT2D eigenvalue weighted by Crippen LogP contribution is -2.35. The second kappa shape index (κ2) is 9.21. The van der Waals surface area contributed by atoms with Crippen molar-refractivity contribution in [1.29, 1.82) is 0 Å². The lowest BCUT2D eigenvalue weighted by Gasteiger charge is -2.13. The Hall–Kier alpha value is -2.58. The fraction of sp³-hybridized carbons (Fsp3) is 0.353. The number of halogens is 1. The number of ether oxygens (including phenoxy) is 1. The van der Waals surface area contributed by atoms with Crippen molar-refractivity contribution in [2.75, 3.05) is 26.7 Å². The highest BCUT2D eigenvalue weighted by molar-refractivity contribution is 5.95. The van der Waals surface area contributed by atoms with Gasteiger partial charge in [-0.05, 0) is 24.3 Å². The fourth-order valence-corrected chi connectivity index (χ4v) is 2.69. The van der Waals surface area contributed by atoms with E-state index in [1.54, 1.807) is 31.4 Å². The molecule has 8 nitrogen and oxygen atoms in total. The number of amides is 2. The monoisotopic (exact) mass is 379 g/mol. The number of nitrogens with one attached hydrogen (secondary N) is 4. The molecule has 1 aliphatic heterocycles. The van der Waals surface area contributed by atoms with Crippen molar-refractivity contribution in [2.24, 2.45) is 0 Å². The first kappa shape index (κ1) is 19.7. The molecule has 9 heteroatoms.